The number of aryl methyl sites for hydroxylation is 1. The Balaban J connectivity index is 2.59. The van der Waals surface area contributed by atoms with Gasteiger partial charge < -0.3 is 14.6 Å². The van der Waals surface area contributed by atoms with Crippen LogP contribution in [0, 0.1) is 5.92 Å². The van der Waals surface area contributed by atoms with E-state index < -0.39 is 12.1 Å². The highest BCUT2D eigenvalue weighted by atomic mass is 16.5. The van der Waals surface area contributed by atoms with E-state index in [1.54, 1.807) is 0 Å². The van der Waals surface area contributed by atoms with Crippen LogP contribution in [0.5, 0.6) is 0 Å². The van der Waals surface area contributed by atoms with Gasteiger partial charge in [0.1, 0.15) is 5.76 Å². The van der Waals surface area contributed by atoms with Crippen LogP contribution in [-0.2, 0) is 20.7 Å². The molecule has 1 aromatic carbocycles. The average molecular weight is 278 g/mol. The number of rotatable bonds is 7. The van der Waals surface area contributed by atoms with Crippen molar-refractivity contribution in [2.45, 2.75) is 25.9 Å². The van der Waals surface area contributed by atoms with E-state index in [4.69, 9.17) is 4.74 Å². The number of aliphatic hydroxyl groups excluding tert-OH is 1. The summed E-state index contributed by atoms with van der Waals surface area (Å²) in [5, 5.41) is 10.2. The summed E-state index contributed by atoms with van der Waals surface area (Å²) in [5.41, 5.74) is 1.18. The van der Waals surface area contributed by atoms with Crippen molar-refractivity contribution in [3.05, 3.63) is 47.7 Å². The van der Waals surface area contributed by atoms with Gasteiger partial charge >= 0.3 is 5.97 Å². The van der Waals surface area contributed by atoms with Gasteiger partial charge in [-0.1, -0.05) is 37.3 Å². The van der Waals surface area contributed by atoms with E-state index in [1.165, 1.54) is 25.9 Å². The Bertz CT molecular complexity index is 439. The van der Waals surface area contributed by atoms with Gasteiger partial charge in [-0.3, -0.25) is 0 Å². The number of benzene rings is 1. The molecular formula is C16H22O4. The Morgan fingerprint density at radius 3 is 2.45 bits per heavy atom. The third kappa shape index (κ3) is 5.05. The van der Waals surface area contributed by atoms with Crippen LogP contribution >= 0.6 is 0 Å². The largest absolute Gasteiger partial charge is 0.500 e. The molecule has 0 fully saturated rings. The summed E-state index contributed by atoms with van der Waals surface area (Å²) in [7, 11) is 2.79. The molecule has 0 radical (unpaired) electrons. The van der Waals surface area contributed by atoms with Crippen LogP contribution in [0.4, 0.5) is 0 Å². The highest BCUT2D eigenvalue weighted by Gasteiger charge is 2.20. The molecule has 1 rings (SSSR count). The van der Waals surface area contributed by atoms with E-state index in [0.29, 0.717) is 12.2 Å². The lowest BCUT2D eigenvalue weighted by Gasteiger charge is -2.20. The van der Waals surface area contributed by atoms with Crippen LogP contribution in [0.25, 0.3) is 0 Å². The van der Waals surface area contributed by atoms with Gasteiger partial charge in [-0.2, -0.15) is 0 Å². The second-order valence-electron chi connectivity index (χ2n) is 4.65. The van der Waals surface area contributed by atoms with Gasteiger partial charge in [0.05, 0.1) is 26.4 Å². The maximum atomic E-state index is 11.2. The van der Waals surface area contributed by atoms with Crippen LogP contribution in [0.2, 0.25) is 0 Å². The Morgan fingerprint density at radius 2 is 1.90 bits per heavy atom. The molecule has 0 bridgehead atoms. The van der Waals surface area contributed by atoms with Crippen LogP contribution in [-0.4, -0.2) is 31.4 Å². The maximum Gasteiger partial charge on any atom is 0.333 e. The summed E-state index contributed by atoms with van der Waals surface area (Å²) in [5.74, 6) is -0.316. The molecule has 2 atom stereocenters. The molecule has 0 aliphatic carbocycles. The van der Waals surface area contributed by atoms with Crippen LogP contribution < -0.4 is 0 Å². The first-order chi connectivity index (χ1) is 9.58. The predicted molar refractivity (Wildman–Crippen MR) is 77.0 cm³/mol. The van der Waals surface area contributed by atoms with Gasteiger partial charge in [0.25, 0.3) is 0 Å². The van der Waals surface area contributed by atoms with Crippen LogP contribution in [0.1, 0.15) is 18.9 Å². The Hall–Kier alpha value is -1.81. The third-order valence-corrected chi connectivity index (χ3v) is 3.29. The normalized spacial score (nSPS) is 14.5. The molecule has 0 amide bonds. The van der Waals surface area contributed by atoms with Crippen molar-refractivity contribution in [3.63, 3.8) is 0 Å². The topological polar surface area (TPSA) is 55.8 Å². The molecule has 1 aromatic rings. The molecule has 0 spiro atoms. The molecule has 0 heterocycles. The molecule has 0 aromatic heterocycles. The molecule has 0 aliphatic heterocycles. The van der Waals surface area contributed by atoms with Gasteiger partial charge in [-0.05, 0) is 18.4 Å². The number of hydrogen-bond donors (Lipinski definition) is 1. The molecule has 0 aliphatic rings. The van der Waals surface area contributed by atoms with Crippen LogP contribution in [0.3, 0.4) is 0 Å². The number of carbonyl (C=O) groups is 1. The predicted octanol–water partition coefficient (Wildman–Crippen LogP) is 2.32. The van der Waals surface area contributed by atoms with Gasteiger partial charge in [-0.25, -0.2) is 4.79 Å². The Labute approximate surface area is 120 Å². The number of ether oxygens (including phenoxy) is 2. The second kappa shape index (κ2) is 8.38. The molecule has 0 unspecified atom stereocenters. The minimum Gasteiger partial charge on any atom is -0.500 e. The van der Waals surface area contributed by atoms with E-state index in [-0.39, 0.29) is 5.92 Å². The van der Waals surface area contributed by atoms with E-state index >= 15 is 0 Å². The maximum absolute atomic E-state index is 11.2. The first-order valence-electron chi connectivity index (χ1n) is 6.64. The SMILES string of the molecule is COC(=O)/C=C(/OC)[C@H](C)[C@@H](O)CCc1ccccc1. The summed E-state index contributed by atoms with van der Waals surface area (Å²) >= 11 is 0. The molecule has 0 saturated carbocycles. The monoisotopic (exact) mass is 278 g/mol. The molecule has 0 saturated heterocycles. The van der Waals surface area contributed by atoms with Crippen LogP contribution in [0.15, 0.2) is 42.2 Å². The lowest BCUT2D eigenvalue weighted by molar-refractivity contribution is -0.135. The van der Waals surface area contributed by atoms with E-state index in [9.17, 15) is 9.90 Å². The van der Waals surface area contributed by atoms with E-state index in [2.05, 4.69) is 4.74 Å². The van der Waals surface area contributed by atoms with Crippen molar-refractivity contribution >= 4 is 5.97 Å². The van der Waals surface area contributed by atoms with Crippen molar-refractivity contribution in [1.82, 2.24) is 0 Å². The summed E-state index contributed by atoms with van der Waals surface area (Å²) in [6.07, 6.45) is 2.08. The number of hydrogen-bond acceptors (Lipinski definition) is 4. The van der Waals surface area contributed by atoms with Crippen molar-refractivity contribution < 1.29 is 19.4 Å². The molecule has 4 nitrogen and oxygen atoms in total. The fraction of sp³-hybridized carbons (Fsp3) is 0.438. The Morgan fingerprint density at radius 1 is 1.25 bits per heavy atom. The molecular weight excluding hydrogens is 256 g/mol. The van der Waals surface area contributed by atoms with Crippen molar-refractivity contribution in [2.24, 2.45) is 5.92 Å². The fourth-order valence-corrected chi connectivity index (χ4v) is 1.95. The zero-order chi connectivity index (χ0) is 15.0. The first kappa shape index (κ1) is 16.2. The summed E-state index contributed by atoms with van der Waals surface area (Å²) < 4.78 is 9.72. The van der Waals surface area contributed by atoms with Gasteiger partial charge in [0.2, 0.25) is 0 Å². The summed E-state index contributed by atoms with van der Waals surface area (Å²) in [6, 6.07) is 9.97. The number of esters is 1. The minimum atomic E-state index is -0.578. The highest BCUT2D eigenvalue weighted by Crippen LogP contribution is 2.19. The molecule has 4 heteroatoms. The van der Waals surface area contributed by atoms with Crippen molar-refractivity contribution in [2.75, 3.05) is 14.2 Å². The lowest BCUT2D eigenvalue weighted by atomic mass is 9.96. The average Bonchev–Trinajstić information content (AvgIpc) is 2.50. The lowest BCUT2D eigenvalue weighted by Crippen LogP contribution is -2.22. The quantitative estimate of drug-likeness (QED) is 0.472. The number of carbonyl (C=O) groups excluding carboxylic acids is 1. The van der Waals surface area contributed by atoms with Crippen molar-refractivity contribution in [3.8, 4) is 0 Å². The number of methoxy groups -OCH3 is 2. The highest BCUT2D eigenvalue weighted by molar-refractivity contribution is 5.82. The zero-order valence-corrected chi connectivity index (χ0v) is 12.2. The van der Waals surface area contributed by atoms with E-state index in [1.807, 2.05) is 37.3 Å². The van der Waals surface area contributed by atoms with E-state index in [0.717, 1.165) is 6.42 Å². The van der Waals surface area contributed by atoms with Gasteiger partial charge in [-0.15, -0.1) is 0 Å². The van der Waals surface area contributed by atoms with Crippen molar-refractivity contribution in [1.29, 1.82) is 0 Å². The standard InChI is InChI=1S/C16H22O4/c1-12(15(19-2)11-16(18)20-3)14(17)10-9-13-7-5-4-6-8-13/h4-8,11-12,14,17H,9-10H2,1-3H3/b15-11+/t12-,14+/m1/s1. The molecule has 1 N–H and O–H groups in total. The smallest absolute Gasteiger partial charge is 0.333 e. The zero-order valence-electron chi connectivity index (χ0n) is 12.2. The minimum absolute atomic E-state index is 0.261. The number of aliphatic hydroxyl groups is 1. The third-order valence-electron chi connectivity index (χ3n) is 3.29. The molecule has 110 valence electrons. The first-order valence-corrected chi connectivity index (χ1v) is 6.64. The fourth-order valence-electron chi connectivity index (χ4n) is 1.95. The van der Waals surface area contributed by atoms with Gasteiger partial charge in [0.15, 0.2) is 0 Å². The summed E-state index contributed by atoms with van der Waals surface area (Å²) in [4.78, 5) is 11.2. The Kier molecular flexibility index (Phi) is 6.81. The second-order valence-corrected chi connectivity index (χ2v) is 4.65. The molecule has 20 heavy (non-hydrogen) atoms. The summed E-state index contributed by atoms with van der Waals surface area (Å²) in [6.45, 7) is 1.83. The van der Waals surface area contributed by atoms with Gasteiger partial charge in [0, 0.05) is 5.92 Å².